The van der Waals surface area contributed by atoms with E-state index in [1.165, 1.54) is 0 Å². The van der Waals surface area contributed by atoms with E-state index in [-0.39, 0.29) is 5.25 Å². The third kappa shape index (κ3) is 2.44. The zero-order valence-corrected chi connectivity index (χ0v) is 7.04. The molecular formula is C8H10O2S. The summed E-state index contributed by atoms with van der Waals surface area (Å²) in [5.41, 5.74) is 1.09. The van der Waals surface area contributed by atoms with E-state index in [2.05, 4.69) is 0 Å². The Bertz CT molecular complexity index is 251. The van der Waals surface area contributed by atoms with Gasteiger partial charge in [-0.15, -0.1) is 0 Å². The minimum absolute atomic E-state index is 0.358. The van der Waals surface area contributed by atoms with E-state index in [1.54, 1.807) is 18.2 Å². The lowest BCUT2D eigenvalue weighted by Gasteiger charge is -1.97. The van der Waals surface area contributed by atoms with Crippen molar-refractivity contribution in [1.29, 1.82) is 0 Å². The van der Waals surface area contributed by atoms with E-state index in [1.807, 2.05) is 19.1 Å². The smallest absolute Gasteiger partial charge is 0.163 e. The highest BCUT2D eigenvalue weighted by Crippen LogP contribution is 2.07. The van der Waals surface area contributed by atoms with E-state index in [4.69, 9.17) is 4.55 Å². The molecule has 0 spiro atoms. The highest BCUT2D eigenvalue weighted by atomic mass is 32.2. The molecule has 0 aromatic rings. The maximum atomic E-state index is 10.6. The third-order valence-corrected chi connectivity index (χ3v) is 2.22. The van der Waals surface area contributed by atoms with Crippen molar-refractivity contribution < 1.29 is 8.76 Å². The second-order valence-electron chi connectivity index (χ2n) is 2.40. The van der Waals surface area contributed by atoms with Gasteiger partial charge >= 0.3 is 0 Å². The Labute approximate surface area is 68.6 Å². The molecule has 1 N–H and O–H groups in total. The van der Waals surface area contributed by atoms with E-state index in [0.29, 0.717) is 0 Å². The Hall–Kier alpha value is -0.670. The van der Waals surface area contributed by atoms with Crippen molar-refractivity contribution in [2.75, 3.05) is 0 Å². The van der Waals surface area contributed by atoms with E-state index < -0.39 is 11.1 Å². The van der Waals surface area contributed by atoms with Crippen LogP contribution in [0, 0.1) is 0 Å². The summed E-state index contributed by atoms with van der Waals surface area (Å²) in [6.45, 7) is 1.95. The summed E-state index contributed by atoms with van der Waals surface area (Å²) in [6, 6.07) is 0. The fourth-order valence-corrected chi connectivity index (χ4v) is 1.26. The first kappa shape index (κ1) is 8.43. The second-order valence-corrected chi connectivity index (χ2v) is 3.49. The largest absolute Gasteiger partial charge is 0.305 e. The zero-order chi connectivity index (χ0) is 8.27. The number of rotatable bonds is 1. The molecule has 3 heteroatoms. The van der Waals surface area contributed by atoms with Crippen molar-refractivity contribution in [1.82, 2.24) is 0 Å². The Morgan fingerprint density at radius 1 is 1.55 bits per heavy atom. The highest BCUT2D eigenvalue weighted by Gasteiger charge is 2.06. The fourth-order valence-electron chi connectivity index (χ4n) is 0.818. The van der Waals surface area contributed by atoms with Crippen molar-refractivity contribution in [3.05, 3.63) is 36.0 Å². The zero-order valence-electron chi connectivity index (χ0n) is 6.23. The van der Waals surface area contributed by atoms with Crippen LogP contribution < -0.4 is 0 Å². The van der Waals surface area contributed by atoms with Gasteiger partial charge in [0.15, 0.2) is 11.1 Å². The quantitative estimate of drug-likeness (QED) is 0.607. The van der Waals surface area contributed by atoms with Crippen LogP contribution in [0.25, 0.3) is 0 Å². The molecule has 0 saturated heterocycles. The second kappa shape index (κ2) is 3.64. The first-order chi connectivity index (χ1) is 5.20. The van der Waals surface area contributed by atoms with Crippen molar-refractivity contribution in [3.63, 3.8) is 0 Å². The Morgan fingerprint density at radius 2 is 2.27 bits per heavy atom. The summed E-state index contributed by atoms with van der Waals surface area (Å²) in [5, 5.41) is -0.358. The molecule has 2 nitrogen and oxygen atoms in total. The van der Waals surface area contributed by atoms with Crippen LogP contribution in [0.5, 0.6) is 0 Å². The summed E-state index contributed by atoms with van der Waals surface area (Å²) in [6.07, 6.45) is 8.99. The van der Waals surface area contributed by atoms with Crippen molar-refractivity contribution >= 4 is 11.1 Å². The predicted molar refractivity (Wildman–Crippen MR) is 46.6 cm³/mol. The van der Waals surface area contributed by atoms with E-state index in [9.17, 15) is 4.21 Å². The fraction of sp³-hybridized carbons (Fsp3) is 0.250. The molecular weight excluding hydrogens is 160 g/mol. The van der Waals surface area contributed by atoms with Crippen LogP contribution in [0.4, 0.5) is 0 Å². The van der Waals surface area contributed by atoms with Gasteiger partial charge in [-0.2, -0.15) is 0 Å². The topological polar surface area (TPSA) is 37.3 Å². The molecule has 1 rings (SSSR count). The van der Waals surface area contributed by atoms with E-state index >= 15 is 0 Å². The van der Waals surface area contributed by atoms with Crippen LogP contribution in [-0.4, -0.2) is 14.0 Å². The van der Waals surface area contributed by atoms with Crippen LogP contribution in [0.15, 0.2) is 36.0 Å². The summed E-state index contributed by atoms with van der Waals surface area (Å²) >= 11 is -1.79. The van der Waals surface area contributed by atoms with Crippen molar-refractivity contribution in [2.24, 2.45) is 0 Å². The molecule has 0 amide bonds. The summed E-state index contributed by atoms with van der Waals surface area (Å²) in [5.74, 6) is 0. The van der Waals surface area contributed by atoms with Gasteiger partial charge in [-0.25, -0.2) is 4.21 Å². The molecule has 0 bridgehead atoms. The average molecular weight is 170 g/mol. The number of hydrogen-bond donors (Lipinski definition) is 1. The van der Waals surface area contributed by atoms with Gasteiger partial charge in [0.25, 0.3) is 0 Å². The Balaban J connectivity index is 2.79. The molecule has 0 aliphatic heterocycles. The van der Waals surface area contributed by atoms with E-state index in [0.717, 1.165) is 5.57 Å². The molecule has 1 aliphatic rings. The minimum atomic E-state index is -1.79. The Morgan fingerprint density at radius 3 is 2.91 bits per heavy atom. The van der Waals surface area contributed by atoms with Crippen molar-refractivity contribution in [2.45, 2.75) is 12.2 Å². The normalized spacial score (nSPS) is 26.0. The molecule has 1 aliphatic carbocycles. The predicted octanol–water partition coefficient (Wildman–Crippen LogP) is 1.65. The molecule has 0 saturated carbocycles. The summed E-state index contributed by atoms with van der Waals surface area (Å²) in [7, 11) is 0. The molecule has 60 valence electrons. The summed E-state index contributed by atoms with van der Waals surface area (Å²) in [4.78, 5) is 0. The molecule has 1 unspecified atom stereocenters. The molecule has 0 aromatic heterocycles. The summed E-state index contributed by atoms with van der Waals surface area (Å²) < 4.78 is 19.3. The average Bonchev–Trinajstić information content (AvgIpc) is 2.13. The van der Waals surface area contributed by atoms with Crippen LogP contribution in [0.2, 0.25) is 0 Å². The van der Waals surface area contributed by atoms with Crippen LogP contribution in [-0.2, 0) is 11.1 Å². The van der Waals surface area contributed by atoms with Gasteiger partial charge in [0.1, 0.15) is 0 Å². The van der Waals surface area contributed by atoms with Gasteiger partial charge in [0.05, 0.1) is 5.25 Å². The van der Waals surface area contributed by atoms with Crippen LogP contribution in [0.1, 0.15) is 6.92 Å². The molecule has 11 heavy (non-hydrogen) atoms. The van der Waals surface area contributed by atoms with Gasteiger partial charge in [-0.05, 0) is 6.92 Å². The van der Waals surface area contributed by atoms with Gasteiger partial charge < -0.3 is 4.55 Å². The van der Waals surface area contributed by atoms with Gasteiger partial charge in [0.2, 0.25) is 0 Å². The number of allylic oxidation sites excluding steroid dienone is 4. The molecule has 2 atom stereocenters. The molecule has 0 radical (unpaired) electrons. The van der Waals surface area contributed by atoms with Gasteiger partial charge in [0, 0.05) is 0 Å². The first-order valence-corrected chi connectivity index (χ1v) is 4.50. The van der Waals surface area contributed by atoms with Gasteiger partial charge in [-0.3, -0.25) is 0 Å². The Kier molecular flexibility index (Phi) is 2.79. The SMILES string of the molecule is CC1=CC=C[C@@H](S(=O)O)C=C1. The monoisotopic (exact) mass is 170 g/mol. The molecule has 0 aromatic carbocycles. The lowest BCUT2D eigenvalue weighted by atomic mass is 10.3. The minimum Gasteiger partial charge on any atom is -0.305 e. The standard InChI is InChI=1S/C8H10O2S/c1-7-3-2-4-8(6-5-7)11(9)10/h2-6,8H,1H3,(H,9,10)/t8-/m1/s1. The van der Waals surface area contributed by atoms with Crippen LogP contribution >= 0.6 is 0 Å². The maximum Gasteiger partial charge on any atom is 0.163 e. The lowest BCUT2D eigenvalue weighted by Crippen LogP contribution is -2.06. The third-order valence-electron chi connectivity index (χ3n) is 1.44. The van der Waals surface area contributed by atoms with Crippen LogP contribution in [0.3, 0.4) is 0 Å². The first-order valence-electron chi connectivity index (χ1n) is 3.33. The van der Waals surface area contributed by atoms with Gasteiger partial charge in [-0.1, -0.05) is 36.0 Å². The molecule has 0 fully saturated rings. The molecule has 0 heterocycles. The lowest BCUT2D eigenvalue weighted by molar-refractivity contribution is 0.562. The van der Waals surface area contributed by atoms with Crippen molar-refractivity contribution in [3.8, 4) is 0 Å². The highest BCUT2D eigenvalue weighted by molar-refractivity contribution is 7.80. The maximum absolute atomic E-state index is 10.6. The number of hydrogen-bond acceptors (Lipinski definition) is 1.